The predicted octanol–water partition coefficient (Wildman–Crippen LogP) is 2.76. The standard InChI is InChI=1S/C13H9BrF3N5O2S/c1-2-25(23,24)8-3-7(14)5-18-11(8)12-20-10-4-9(13(15,16)17)19-6-22(10)21-12/h3-6H,2H2,1H3. The first-order valence-corrected chi connectivity index (χ1v) is 9.24. The Bertz CT molecular complexity index is 1070. The summed E-state index contributed by atoms with van der Waals surface area (Å²) in [6, 6.07) is 2.08. The van der Waals surface area contributed by atoms with Crippen molar-refractivity contribution in [2.24, 2.45) is 0 Å². The Hall–Kier alpha value is -2.08. The maximum absolute atomic E-state index is 12.7. The number of sulfone groups is 1. The zero-order chi connectivity index (χ0) is 18.4. The molecule has 0 spiro atoms. The zero-order valence-electron chi connectivity index (χ0n) is 12.5. The lowest BCUT2D eigenvalue weighted by molar-refractivity contribution is -0.141. The molecule has 0 aliphatic rings. The number of rotatable bonds is 3. The van der Waals surface area contributed by atoms with E-state index in [-0.39, 0.29) is 27.8 Å². The minimum absolute atomic E-state index is 0.0395. The Morgan fingerprint density at radius 2 is 1.96 bits per heavy atom. The number of hydrogen-bond acceptors (Lipinski definition) is 6. The van der Waals surface area contributed by atoms with Gasteiger partial charge in [-0.15, -0.1) is 5.10 Å². The Labute approximate surface area is 148 Å². The number of fused-ring (bicyclic) bond motifs is 1. The van der Waals surface area contributed by atoms with Gasteiger partial charge in [-0.2, -0.15) is 13.2 Å². The third kappa shape index (κ3) is 3.35. The van der Waals surface area contributed by atoms with E-state index in [1.165, 1.54) is 19.2 Å². The van der Waals surface area contributed by atoms with E-state index in [2.05, 4.69) is 36.0 Å². The van der Waals surface area contributed by atoms with Crippen molar-refractivity contribution in [2.45, 2.75) is 18.0 Å². The highest BCUT2D eigenvalue weighted by Gasteiger charge is 2.33. The molecule has 0 N–H and O–H groups in total. The second kappa shape index (κ2) is 6.02. The number of pyridine rings is 1. The van der Waals surface area contributed by atoms with Crippen LogP contribution in [0.15, 0.2) is 34.0 Å². The lowest BCUT2D eigenvalue weighted by Gasteiger charge is -2.06. The first-order valence-electron chi connectivity index (χ1n) is 6.80. The summed E-state index contributed by atoms with van der Waals surface area (Å²) in [5, 5.41) is 3.98. The third-order valence-electron chi connectivity index (χ3n) is 3.27. The van der Waals surface area contributed by atoms with Gasteiger partial charge in [0.2, 0.25) is 5.82 Å². The molecule has 0 atom stereocenters. The van der Waals surface area contributed by atoms with Crippen molar-refractivity contribution in [2.75, 3.05) is 5.75 Å². The highest BCUT2D eigenvalue weighted by Crippen LogP contribution is 2.29. The molecule has 0 bridgehead atoms. The van der Waals surface area contributed by atoms with Crippen LogP contribution < -0.4 is 0 Å². The Morgan fingerprint density at radius 1 is 1.24 bits per heavy atom. The Balaban J connectivity index is 2.21. The molecule has 3 aromatic rings. The van der Waals surface area contributed by atoms with Crippen LogP contribution in [-0.4, -0.2) is 38.7 Å². The van der Waals surface area contributed by atoms with Crippen molar-refractivity contribution < 1.29 is 21.6 Å². The van der Waals surface area contributed by atoms with Crippen molar-refractivity contribution in [3.63, 3.8) is 0 Å². The molecule has 0 saturated heterocycles. The second-order valence-corrected chi connectivity index (χ2v) is 8.08. The lowest BCUT2D eigenvalue weighted by atomic mass is 10.3. The molecule has 3 rings (SSSR count). The van der Waals surface area contributed by atoms with E-state index in [4.69, 9.17) is 0 Å². The quantitative estimate of drug-likeness (QED) is 0.628. The highest BCUT2D eigenvalue weighted by atomic mass is 79.9. The normalized spacial score (nSPS) is 12.7. The molecule has 0 radical (unpaired) electrons. The summed E-state index contributed by atoms with van der Waals surface area (Å²) in [5.74, 6) is -0.286. The predicted molar refractivity (Wildman–Crippen MR) is 84.4 cm³/mol. The van der Waals surface area contributed by atoms with Gasteiger partial charge >= 0.3 is 6.18 Å². The molecule has 12 heteroatoms. The minimum Gasteiger partial charge on any atom is -0.250 e. The summed E-state index contributed by atoms with van der Waals surface area (Å²) in [6.45, 7) is 1.47. The van der Waals surface area contributed by atoms with Gasteiger partial charge in [0.25, 0.3) is 0 Å². The fourth-order valence-corrected chi connectivity index (χ4v) is 3.57. The minimum atomic E-state index is -4.62. The number of halogens is 4. The lowest BCUT2D eigenvalue weighted by Crippen LogP contribution is -2.08. The molecule has 132 valence electrons. The number of aromatic nitrogens is 5. The van der Waals surface area contributed by atoms with E-state index in [1.54, 1.807) is 0 Å². The van der Waals surface area contributed by atoms with Crippen LogP contribution >= 0.6 is 15.9 Å². The summed E-state index contributed by atoms with van der Waals surface area (Å²) >= 11 is 3.15. The second-order valence-electron chi connectivity index (χ2n) is 4.91. The summed E-state index contributed by atoms with van der Waals surface area (Å²) in [6.07, 6.45) is -2.41. The van der Waals surface area contributed by atoms with Gasteiger partial charge in [-0.1, -0.05) is 6.92 Å². The molecule has 0 fully saturated rings. The largest absolute Gasteiger partial charge is 0.433 e. The SMILES string of the molecule is CCS(=O)(=O)c1cc(Br)cnc1-c1nc2cc(C(F)(F)F)ncn2n1. The van der Waals surface area contributed by atoms with Crippen molar-refractivity contribution in [3.8, 4) is 11.5 Å². The van der Waals surface area contributed by atoms with E-state index >= 15 is 0 Å². The molecule has 0 aromatic carbocycles. The molecule has 25 heavy (non-hydrogen) atoms. The van der Waals surface area contributed by atoms with E-state index in [9.17, 15) is 21.6 Å². The smallest absolute Gasteiger partial charge is 0.250 e. The summed E-state index contributed by atoms with van der Waals surface area (Å²) in [7, 11) is -3.65. The van der Waals surface area contributed by atoms with Gasteiger partial charge in [-0.05, 0) is 22.0 Å². The molecule has 0 saturated carbocycles. The van der Waals surface area contributed by atoms with Crippen LogP contribution in [0.5, 0.6) is 0 Å². The number of alkyl halides is 3. The van der Waals surface area contributed by atoms with Crippen molar-refractivity contribution in [1.29, 1.82) is 0 Å². The molecule has 0 amide bonds. The molecule has 0 aliphatic carbocycles. The molecule has 0 unspecified atom stereocenters. The first-order chi connectivity index (χ1) is 11.6. The molecular formula is C13H9BrF3N5O2S. The van der Waals surface area contributed by atoms with Gasteiger partial charge in [0.1, 0.15) is 17.7 Å². The summed E-state index contributed by atoms with van der Waals surface area (Å²) < 4.78 is 64.2. The molecule has 3 aromatic heterocycles. The zero-order valence-corrected chi connectivity index (χ0v) is 14.9. The maximum Gasteiger partial charge on any atom is 0.433 e. The monoisotopic (exact) mass is 435 g/mol. The van der Waals surface area contributed by atoms with Crippen molar-refractivity contribution in [3.05, 3.63) is 34.8 Å². The van der Waals surface area contributed by atoms with Crippen LogP contribution in [-0.2, 0) is 16.0 Å². The average Bonchev–Trinajstić information content (AvgIpc) is 2.96. The summed E-state index contributed by atoms with van der Waals surface area (Å²) in [4.78, 5) is 11.2. The van der Waals surface area contributed by atoms with Crippen molar-refractivity contribution >= 4 is 31.4 Å². The third-order valence-corrected chi connectivity index (χ3v) is 5.44. The van der Waals surface area contributed by atoms with E-state index in [0.29, 0.717) is 4.47 Å². The van der Waals surface area contributed by atoms with E-state index < -0.39 is 21.7 Å². The Kier molecular flexibility index (Phi) is 4.27. The van der Waals surface area contributed by atoms with Crippen LogP contribution in [0.1, 0.15) is 12.6 Å². The first kappa shape index (κ1) is 17.7. The summed E-state index contributed by atoms with van der Waals surface area (Å²) in [5.41, 5.74) is -1.28. The van der Waals surface area contributed by atoms with Gasteiger partial charge in [-0.25, -0.2) is 22.9 Å². The van der Waals surface area contributed by atoms with Gasteiger partial charge in [-0.3, -0.25) is 4.98 Å². The Morgan fingerprint density at radius 3 is 2.60 bits per heavy atom. The van der Waals surface area contributed by atoms with Gasteiger partial charge in [0.15, 0.2) is 15.5 Å². The molecule has 7 nitrogen and oxygen atoms in total. The van der Waals surface area contributed by atoms with Gasteiger partial charge in [0, 0.05) is 16.7 Å². The van der Waals surface area contributed by atoms with Crippen LogP contribution in [0.2, 0.25) is 0 Å². The van der Waals surface area contributed by atoms with E-state index in [1.807, 2.05) is 0 Å². The van der Waals surface area contributed by atoms with Crippen LogP contribution in [0.4, 0.5) is 13.2 Å². The average molecular weight is 436 g/mol. The number of hydrogen-bond donors (Lipinski definition) is 0. The maximum atomic E-state index is 12.7. The fourth-order valence-electron chi connectivity index (χ4n) is 2.03. The van der Waals surface area contributed by atoms with Crippen LogP contribution in [0.3, 0.4) is 0 Å². The number of nitrogens with zero attached hydrogens (tertiary/aromatic N) is 5. The van der Waals surface area contributed by atoms with Gasteiger partial charge < -0.3 is 0 Å². The molecular weight excluding hydrogens is 427 g/mol. The van der Waals surface area contributed by atoms with Gasteiger partial charge in [0.05, 0.1) is 10.6 Å². The molecule has 0 aliphatic heterocycles. The molecule has 3 heterocycles. The highest BCUT2D eigenvalue weighted by molar-refractivity contribution is 9.10. The topological polar surface area (TPSA) is 90.1 Å². The van der Waals surface area contributed by atoms with Crippen LogP contribution in [0, 0.1) is 0 Å². The van der Waals surface area contributed by atoms with E-state index in [0.717, 1.165) is 16.9 Å². The van der Waals surface area contributed by atoms with Crippen molar-refractivity contribution in [1.82, 2.24) is 24.6 Å². The fraction of sp³-hybridized carbons (Fsp3) is 0.231. The van der Waals surface area contributed by atoms with Crippen LogP contribution in [0.25, 0.3) is 17.2 Å².